The lowest BCUT2D eigenvalue weighted by molar-refractivity contribution is -0.135. The molecule has 2 aliphatic heterocycles. The zero-order valence-electron chi connectivity index (χ0n) is 25.9. The minimum Gasteiger partial charge on any atom is -0.493 e. The number of hydrogen-bond donors (Lipinski definition) is 1. The van der Waals surface area contributed by atoms with Gasteiger partial charge in [0.15, 0.2) is 0 Å². The molecule has 3 aromatic rings. The van der Waals surface area contributed by atoms with E-state index in [4.69, 9.17) is 32.9 Å². The number of ether oxygens (including phenoxy) is 1. The second-order valence-corrected chi connectivity index (χ2v) is 14.1. The number of sulfonamides is 1. The number of β-amino-alcohol motifs (C(OH)–C–C–N with tert-alkyl or cyclic N) is 1. The molecule has 3 aromatic carbocycles. The number of amidine groups is 1. The highest BCUT2D eigenvalue weighted by atomic mass is 35.5. The zero-order chi connectivity index (χ0) is 34.0. The maximum absolute atomic E-state index is 15.4. The van der Waals surface area contributed by atoms with Crippen LogP contribution in [0.3, 0.4) is 0 Å². The van der Waals surface area contributed by atoms with Gasteiger partial charge in [0.1, 0.15) is 34.9 Å². The van der Waals surface area contributed by atoms with Crippen molar-refractivity contribution in [1.82, 2.24) is 19.0 Å². The molecule has 0 radical (unpaired) electrons. The second kappa shape index (κ2) is 14.2. The molecule has 0 saturated carbocycles. The Hall–Kier alpha value is -3.75. The Kier molecular flexibility index (Phi) is 10.4. The molecule has 2 aliphatic rings. The van der Waals surface area contributed by atoms with Crippen LogP contribution in [0.15, 0.2) is 70.6 Å². The van der Waals surface area contributed by atoms with Gasteiger partial charge >= 0.3 is 6.03 Å². The van der Waals surface area contributed by atoms with E-state index >= 15 is 4.39 Å². The van der Waals surface area contributed by atoms with E-state index < -0.39 is 38.9 Å². The third kappa shape index (κ3) is 6.95. The molecule has 0 aromatic heterocycles. The fourth-order valence-electron chi connectivity index (χ4n) is 5.61. The fourth-order valence-corrected chi connectivity index (χ4v) is 6.83. The van der Waals surface area contributed by atoms with Crippen molar-refractivity contribution < 1.29 is 32.2 Å². The molecule has 15 heteroatoms. The third-order valence-electron chi connectivity index (χ3n) is 7.99. The van der Waals surface area contributed by atoms with Crippen molar-refractivity contribution >= 4 is 51.0 Å². The first-order valence-electron chi connectivity index (χ1n) is 14.8. The molecule has 0 aliphatic carbocycles. The molecule has 1 N–H and O–H groups in total. The highest BCUT2D eigenvalue weighted by molar-refractivity contribution is 7.89. The number of amides is 3. The summed E-state index contributed by atoms with van der Waals surface area (Å²) in [6, 6.07) is 13.8. The molecule has 3 amide bonds. The molecule has 0 bridgehead atoms. The quantitative estimate of drug-likeness (QED) is 0.348. The van der Waals surface area contributed by atoms with Gasteiger partial charge in [-0.15, -0.1) is 0 Å². The van der Waals surface area contributed by atoms with Gasteiger partial charge in [-0.05, 0) is 48.4 Å². The zero-order valence-corrected chi connectivity index (χ0v) is 28.3. The van der Waals surface area contributed by atoms with Gasteiger partial charge in [-0.25, -0.2) is 21.9 Å². The minimum absolute atomic E-state index is 0.0188. The van der Waals surface area contributed by atoms with Crippen LogP contribution in [0.1, 0.15) is 35.7 Å². The Bertz CT molecular complexity index is 1790. The number of hydrogen-bond acceptors (Lipinski definition) is 7. The SMILES string of the molecule is CCOc1cc(F)c(S(=O)(=O)N(C)C)cc1C1=NC(c2ccc(Cl)cc2)C(c2ccc(Cl)cc2)N1C(=O)N1CCN(CCO)C(=O)C1. The summed E-state index contributed by atoms with van der Waals surface area (Å²) < 4.78 is 48.6. The van der Waals surface area contributed by atoms with Crippen LogP contribution >= 0.6 is 23.2 Å². The highest BCUT2D eigenvalue weighted by Crippen LogP contribution is 2.46. The molecular weight excluding hydrogens is 672 g/mol. The lowest BCUT2D eigenvalue weighted by Gasteiger charge is -2.38. The van der Waals surface area contributed by atoms with Crippen LogP contribution in [-0.2, 0) is 14.8 Å². The van der Waals surface area contributed by atoms with E-state index in [0.717, 1.165) is 16.4 Å². The number of urea groups is 1. The summed E-state index contributed by atoms with van der Waals surface area (Å²) in [5, 5.41) is 10.3. The maximum Gasteiger partial charge on any atom is 0.326 e. The summed E-state index contributed by atoms with van der Waals surface area (Å²) in [7, 11) is -1.70. The normalized spacial score (nSPS) is 18.6. The Morgan fingerprint density at radius 2 is 1.66 bits per heavy atom. The van der Waals surface area contributed by atoms with E-state index in [1.54, 1.807) is 55.5 Å². The van der Waals surface area contributed by atoms with Crippen LogP contribution < -0.4 is 4.74 Å². The van der Waals surface area contributed by atoms with Gasteiger partial charge < -0.3 is 19.6 Å². The van der Waals surface area contributed by atoms with E-state index in [0.29, 0.717) is 21.2 Å². The number of halogens is 3. The number of nitrogens with zero attached hydrogens (tertiary/aromatic N) is 5. The monoisotopic (exact) mass is 705 g/mol. The molecule has 2 atom stereocenters. The molecule has 1 saturated heterocycles. The van der Waals surface area contributed by atoms with Crippen LogP contribution in [0.4, 0.5) is 9.18 Å². The van der Waals surface area contributed by atoms with Gasteiger partial charge in [0, 0.05) is 49.8 Å². The lowest BCUT2D eigenvalue weighted by Crippen LogP contribution is -2.56. The van der Waals surface area contributed by atoms with Crippen LogP contribution in [0, 0.1) is 5.82 Å². The van der Waals surface area contributed by atoms with Crippen molar-refractivity contribution in [2.75, 3.05) is 53.5 Å². The largest absolute Gasteiger partial charge is 0.493 e. The number of benzene rings is 3. The summed E-state index contributed by atoms with van der Waals surface area (Å²) in [5.41, 5.74) is 1.41. The molecule has 47 heavy (non-hydrogen) atoms. The van der Waals surface area contributed by atoms with Crippen molar-refractivity contribution in [1.29, 1.82) is 0 Å². The van der Waals surface area contributed by atoms with Gasteiger partial charge in [0.25, 0.3) is 0 Å². The van der Waals surface area contributed by atoms with Crippen molar-refractivity contribution in [3.8, 4) is 5.75 Å². The predicted octanol–water partition coefficient (Wildman–Crippen LogP) is 4.58. The van der Waals surface area contributed by atoms with Crippen molar-refractivity contribution in [2.45, 2.75) is 23.9 Å². The summed E-state index contributed by atoms with van der Waals surface area (Å²) in [5.74, 6) is -1.37. The topological polar surface area (TPSA) is 123 Å². The van der Waals surface area contributed by atoms with E-state index in [9.17, 15) is 23.1 Å². The van der Waals surface area contributed by atoms with Crippen LogP contribution in [0.5, 0.6) is 5.75 Å². The number of carbonyl (C=O) groups is 2. The summed E-state index contributed by atoms with van der Waals surface area (Å²) in [6.45, 7) is 1.82. The number of aliphatic hydroxyl groups excluding tert-OH is 1. The van der Waals surface area contributed by atoms with Gasteiger partial charge in [-0.3, -0.25) is 14.7 Å². The van der Waals surface area contributed by atoms with Gasteiger partial charge in [-0.2, -0.15) is 0 Å². The first-order valence-corrected chi connectivity index (χ1v) is 17.0. The number of piperazine rings is 1. The van der Waals surface area contributed by atoms with E-state index in [-0.39, 0.29) is 62.4 Å². The van der Waals surface area contributed by atoms with E-state index in [1.165, 1.54) is 28.8 Å². The van der Waals surface area contributed by atoms with Crippen molar-refractivity contribution in [2.24, 2.45) is 4.99 Å². The highest BCUT2D eigenvalue weighted by Gasteiger charge is 2.46. The van der Waals surface area contributed by atoms with Crippen molar-refractivity contribution in [3.05, 3.63) is 93.2 Å². The molecule has 0 spiro atoms. The first-order chi connectivity index (χ1) is 22.4. The first kappa shape index (κ1) is 34.6. The fraction of sp³-hybridized carbons (Fsp3) is 0.344. The van der Waals surface area contributed by atoms with Crippen LogP contribution in [0.25, 0.3) is 0 Å². The van der Waals surface area contributed by atoms with Gasteiger partial charge in [-0.1, -0.05) is 47.5 Å². The van der Waals surface area contributed by atoms with Gasteiger partial charge in [0.05, 0.1) is 24.8 Å². The third-order valence-corrected chi connectivity index (χ3v) is 10.3. The van der Waals surface area contributed by atoms with Crippen molar-refractivity contribution in [3.63, 3.8) is 0 Å². The molecule has 11 nitrogen and oxygen atoms in total. The number of aliphatic hydroxyl groups is 1. The van der Waals surface area contributed by atoms with E-state index in [1.807, 2.05) is 0 Å². The average molecular weight is 707 g/mol. The second-order valence-electron chi connectivity index (χ2n) is 11.1. The molecule has 1 fully saturated rings. The van der Waals surface area contributed by atoms with E-state index in [2.05, 4.69) is 0 Å². The average Bonchev–Trinajstić information content (AvgIpc) is 3.42. The van der Waals surface area contributed by atoms with Crippen LogP contribution in [-0.4, -0.2) is 104 Å². The molecule has 5 rings (SSSR count). The van der Waals surface area contributed by atoms with Gasteiger partial charge in [0.2, 0.25) is 15.9 Å². The molecule has 2 unspecified atom stereocenters. The van der Waals surface area contributed by atoms with Crippen LogP contribution in [0.2, 0.25) is 10.0 Å². The molecule has 2 heterocycles. The smallest absolute Gasteiger partial charge is 0.326 e. The Labute approximate surface area is 282 Å². The number of aliphatic imine (C=N–C) groups is 1. The Morgan fingerprint density at radius 1 is 1.04 bits per heavy atom. The molecule has 250 valence electrons. The Morgan fingerprint density at radius 3 is 2.21 bits per heavy atom. The predicted molar refractivity (Wildman–Crippen MR) is 176 cm³/mol. The Balaban J connectivity index is 1.74. The molecular formula is C32H34Cl2FN5O6S. The summed E-state index contributed by atoms with van der Waals surface area (Å²) in [6.07, 6.45) is 0. The standard InChI is InChI=1S/C32H34Cl2FN5O6S/c1-4-46-26-18-25(35)27(47(44,45)37(2)3)17-24(26)31-36-29(20-5-9-22(33)10-6-20)30(21-7-11-23(34)12-8-21)40(31)32(43)39-14-13-38(15-16-41)28(42)19-39/h5-12,17-18,29-30,41H,4,13-16,19H2,1-3H3. The lowest BCUT2D eigenvalue weighted by atomic mass is 9.93. The summed E-state index contributed by atoms with van der Waals surface area (Å²) >= 11 is 12.5. The summed E-state index contributed by atoms with van der Waals surface area (Å²) in [4.78, 5) is 36.3. The number of rotatable bonds is 9. The minimum atomic E-state index is -4.28. The maximum atomic E-state index is 15.4. The number of carbonyl (C=O) groups excluding carboxylic acids is 2.